The minimum Gasteiger partial charge on any atom is -0.494 e. The molecule has 3 heterocycles. The zero-order valence-electron chi connectivity index (χ0n) is 44.6. The largest absolute Gasteiger partial charge is 0.494 e. The Bertz CT molecular complexity index is 4480. The molecule has 2 N–H and O–H groups in total. The van der Waals surface area contributed by atoms with Crippen LogP contribution >= 0.6 is 39.1 Å². The highest BCUT2D eigenvalue weighted by Crippen LogP contribution is 2.39. The molecule has 0 aliphatic heterocycles. The molecule has 0 atom stereocenters. The van der Waals surface area contributed by atoms with Crippen LogP contribution in [0, 0.1) is 11.6 Å². The second-order valence-electron chi connectivity index (χ2n) is 17.6. The average Bonchev–Trinajstić information content (AvgIpc) is 1.12. The van der Waals surface area contributed by atoms with Gasteiger partial charge in [-0.1, -0.05) is 57.3 Å². The number of sulfone groups is 2. The second kappa shape index (κ2) is 26.2. The summed E-state index contributed by atoms with van der Waals surface area (Å²) in [6, 6.07) is 32.6. The molecule has 26 heteroatoms. The number of benzene rings is 6. The van der Waals surface area contributed by atoms with Crippen molar-refractivity contribution in [1.82, 2.24) is 23.7 Å². The van der Waals surface area contributed by atoms with Gasteiger partial charge in [0.05, 0.1) is 43.3 Å². The van der Waals surface area contributed by atoms with Crippen LogP contribution in [0.25, 0.3) is 39.8 Å². The summed E-state index contributed by atoms with van der Waals surface area (Å²) in [5, 5.41) is 22.6. The molecule has 0 saturated carbocycles. The monoisotopic (exact) mass is 1300 g/mol. The van der Waals surface area contributed by atoms with Gasteiger partial charge in [-0.2, -0.15) is 9.97 Å². The number of halogens is 5. The number of para-hydroxylation sites is 2. The molecule has 0 fully saturated rings. The van der Waals surface area contributed by atoms with E-state index in [2.05, 4.69) is 25.9 Å². The zero-order chi connectivity index (χ0) is 61.5. The topological polar surface area (TPSA) is 255 Å². The van der Waals surface area contributed by atoms with E-state index >= 15 is 0 Å². The fourth-order valence-corrected chi connectivity index (χ4v) is 11.6. The number of aromatic nitrogens is 5. The summed E-state index contributed by atoms with van der Waals surface area (Å²) in [6.07, 6.45) is 6.62. The molecular formula is C59H44BrCl2F2N5O14S2. The van der Waals surface area contributed by atoms with E-state index in [0.717, 1.165) is 33.4 Å². The van der Waals surface area contributed by atoms with Crippen molar-refractivity contribution in [2.24, 2.45) is 0 Å². The lowest BCUT2D eigenvalue weighted by atomic mass is 10.2. The molecule has 1 aliphatic carbocycles. The summed E-state index contributed by atoms with van der Waals surface area (Å²) >= 11 is 14.7. The van der Waals surface area contributed by atoms with Crippen LogP contribution in [0.1, 0.15) is 6.42 Å². The van der Waals surface area contributed by atoms with Crippen LogP contribution in [0.15, 0.2) is 213 Å². The smallest absolute Gasteiger partial charge is 0.281 e. The van der Waals surface area contributed by atoms with Gasteiger partial charge >= 0.3 is 0 Å². The number of allylic oxidation sites excluding steroid dienone is 4. The van der Waals surface area contributed by atoms with E-state index in [4.69, 9.17) is 42.1 Å². The third kappa shape index (κ3) is 13.1. The van der Waals surface area contributed by atoms with Gasteiger partial charge in [-0.25, -0.2) is 25.6 Å². The maximum absolute atomic E-state index is 14.1. The van der Waals surface area contributed by atoms with Gasteiger partial charge in [0.15, 0.2) is 27.2 Å². The van der Waals surface area contributed by atoms with Crippen LogP contribution in [-0.2, 0) is 24.5 Å². The Morgan fingerprint density at radius 2 is 0.941 bits per heavy atom. The average molecular weight is 1300 g/mol. The van der Waals surface area contributed by atoms with Crippen molar-refractivity contribution >= 4 is 64.6 Å². The number of nitrogens with zero attached hydrogens (tertiary/aromatic N) is 5. The van der Waals surface area contributed by atoms with Crippen molar-refractivity contribution in [3.05, 3.63) is 227 Å². The van der Waals surface area contributed by atoms with Crippen LogP contribution < -0.4 is 35.6 Å². The summed E-state index contributed by atoms with van der Waals surface area (Å²) in [4.78, 5) is 56.3. The molecule has 9 aromatic rings. The van der Waals surface area contributed by atoms with E-state index in [1.165, 1.54) is 142 Å². The SMILES string of the molecule is COc1cccc(OC)c1-n1c(-c2ccc(F)cc2)nc(O)c(S(=O)(=O)c2ccc(-n3cc(Cl)ccc3=O)cc2)c1=O.COc1cccc(OC)c1-n1c(-c2ccc(F)cc2)nc(O)c(S(=O)(=O)c2ccc(Br)cc2)c1=O.O=C1C=CC(Cl)=CC1. The van der Waals surface area contributed by atoms with E-state index in [1.54, 1.807) is 36.4 Å². The first-order valence-corrected chi connectivity index (χ1v) is 29.0. The Morgan fingerprint density at radius 1 is 0.541 bits per heavy atom. The van der Waals surface area contributed by atoms with Crippen molar-refractivity contribution in [2.45, 2.75) is 26.0 Å². The summed E-state index contributed by atoms with van der Waals surface area (Å²) in [5.41, 5.74) is -1.86. The van der Waals surface area contributed by atoms with Gasteiger partial charge in [-0.3, -0.25) is 32.9 Å². The van der Waals surface area contributed by atoms with Crippen LogP contribution in [0.4, 0.5) is 8.78 Å². The number of carbonyl (C=O) groups is 1. The van der Waals surface area contributed by atoms with Crippen LogP contribution in [0.2, 0.25) is 5.02 Å². The zero-order valence-corrected chi connectivity index (χ0v) is 49.3. The summed E-state index contributed by atoms with van der Waals surface area (Å²) in [5.74, 6) is -2.77. The number of rotatable bonds is 13. The standard InChI is InChI=1S/C29H21ClFN3O7S.C24H18BrFN2O6S.C6H5ClO/c1-40-22-4-3-5-23(41-2)25(22)34-27(17-6-9-19(31)10-7-17)32-28(36)26(29(34)37)42(38,39)21-13-11-20(12-14-21)33-16-18(30)8-15-24(33)35;1-33-18-4-3-5-19(34-2)20(18)28-22(14-6-10-16(26)11-7-14)27-23(29)21(24(28)30)35(31,32)17-12-8-15(25)9-13-17;7-5-1-3-6(8)4-2-5/h3-16,36H,1-2H3;3-13,29H,1-2H3;1-3H,4H2. The van der Waals surface area contributed by atoms with E-state index in [0.29, 0.717) is 21.6 Å². The molecule has 3 aromatic heterocycles. The number of ketones is 1. The quantitative estimate of drug-likeness (QED) is 0.109. The Kier molecular flexibility index (Phi) is 19.0. The van der Waals surface area contributed by atoms with Crippen molar-refractivity contribution in [3.8, 4) is 74.6 Å². The first-order valence-electron chi connectivity index (χ1n) is 24.5. The predicted octanol–water partition coefficient (Wildman–Crippen LogP) is 10.4. The Hall–Kier alpha value is -9.20. The molecule has 436 valence electrons. The molecule has 0 bridgehead atoms. The van der Waals surface area contributed by atoms with E-state index in [9.17, 15) is 55.0 Å². The van der Waals surface area contributed by atoms with Crippen LogP contribution in [-0.4, -0.2) is 84.9 Å². The predicted molar refractivity (Wildman–Crippen MR) is 315 cm³/mol. The van der Waals surface area contributed by atoms with E-state index < -0.39 is 69.5 Å². The number of carbonyl (C=O) groups excluding carboxylic acids is 1. The first-order chi connectivity index (χ1) is 40.5. The highest BCUT2D eigenvalue weighted by Gasteiger charge is 2.34. The summed E-state index contributed by atoms with van der Waals surface area (Å²) < 4.78 is 107. The maximum atomic E-state index is 14.1. The highest BCUT2D eigenvalue weighted by molar-refractivity contribution is 9.10. The van der Waals surface area contributed by atoms with E-state index in [1.807, 2.05) is 0 Å². The first kappa shape index (κ1) is 61.9. The van der Waals surface area contributed by atoms with Gasteiger partial charge in [-0.15, -0.1) is 0 Å². The van der Waals surface area contributed by atoms with Gasteiger partial charge in [0.1, 0.15) is 46.0 Å². The normalized spacial score (nSPS) is 12.0. The lowest BCUT2D eigenvalue weighted by molar-refractivity contribution is -0.113. The summed E-state index contributed by atoms with van der Waals surface area (Å²) in [7, 11) is -3.76. The molecule has 0 spiro atoms. The number of methoxy groups -OCH3 is 4. The number of hydrogen-bond acceptors (Lipinski definition) is 16. The minimum absolute atomic E-state index is 0.00598. The number of pyridine rings is 1. The minimum atomic E-state index is -4.69. The Morgan fingerprint density at radius 3 is 1.31 bits per heavy atom. The number of ether oxygens (including phenoxy) is 4. The molecule has 10 rings (SSSR count). The molecule has 1 aliphatic rings. The van der Waals surface area contributed by atoms with Crippen molar-refractivity contribution < 1.29 is 59.6 Å². The molecular weight excluding hydrogens is 1260 g/mol. The third-order valence-electron chi connectivity index (χ3n) is 12.4. The van der Waals surface area contributed by atoms with E-state index in [-0.39, 0.29) is 77.7 Å². The van der Waals surface area contributed by atoms with Gasteiger partial charge in [-0.05, 0) is 140 Å². The van der Waals surface area contributed by atoms with Gasteiger partial charge < -0.3 is 29.2 Å². The summed E-state index contributed by atoms with van der Waals surface area (Å²) in [6.45, 7) is 0. The maximum Gasteiger partial charge on any atom is 0.281 e. The molecule has 0 saturated heterocycles. The van der Waals surface area contributed by atoms with Gasteiger partial charge in [0.2, 0.25) is 31.4 Å². The number of hydrogen-bond donors (Lipinski definition) is 2. The molecule has 0 amide bonds. The Labute approximate surface area is 501 Å². The fourth-order valence-electron chi connectivity index (χ4n) is 8.37. The van der Waals surface area contributed by atoms with Crippen molar-refractivity contribution in [3.63, 3.8) is 0 Å². The molecule has 6 aromatic carbocycles. The lowest BCUT2D eigenvalue weighted by Gasteiger charge is -2.19. The highest BCUT2D eigenvalue weighted by atomic mass is 79.9. The third-order valence-corrected chi connectivity index (χ3v) is 17.0. The molecule has 0 unspecified atom stereocenters. The molecule has 85 heavy (non-hydrogen) atoms. The van der Waals surface area contributed by atoms with Crippen molar-refractivity contribution in [2.75, 3.05) is 28.4 Å². The number of aromatic hydroxyl groups is 2. The Balaban J connectivity index is 0.000000198. The van der Waals surface area contributed by atoms with Crippen LogP contribution in [0.3, 0.4) is 0 Å². The molecule has 19 nitrogen and oxygen atoms in total. The van der Waals surface area contributed by atoms with Crippen LogP contribution in [0.5, 0.6) is 34.8 Å². The van der Waals surface area contributed by atoms with Gasteiger partial charge in [0, 0.05) is 45.0 Å². The molecule has 0 radical (unpaired) electrons. The van der Waals surface area contributed by atoms with Crippen molar-refractivity contribution in [1.29, 1.82) is 0 Å². The fraction of sp³-hybridized carbons (Fsp3) is 0.0847. The second-order valence-corrected chi connectivity index (χ2v) is 23.2. The van der Waals surface area contributed by atoms with Gasteiger partial charge in [0.25, 0.3) is 16.7 Å². The lowest BCUT2D eigenvalue weighted by Crippen LogP contribution is -2.28.